The number of rotatable bonds is 10. The first kappa shape index (κ1) is 41.8. The molecule has 16 nitrogen and oxygen atoms in total. The molecule has 2 aromatic rings. The van der Waals surface area contributed by atoms with Gasteiger partial charge in [0.05, 0.1) is 50.2 Å². The molecule has 324 valence electrons. The molecule has 1 aromatic carbocycles. The number of hydrogen-bond acceptors (Lipinski definition) is 11. The van der Waals surface area contributed by atoms with Crippen LogP contribution in [0.2, 0.25) is 0 Å². The number of benzene rings is 1. The summed E-state index contributed by atoms with van der Waals surface area (Å²) < 4.78 is 52.4. The van der Waals surface area contributed by atoms with Gasteiger partial charge in [0.1, 0.15) is 35.2 Å². The van der Waals surface area contributed by atoms with Crippen LogP contribution >= 0.6 is 0 Å². The molecule has 5 atom stereocenters. The fourth-order valence-electron chi connectivity index (χ4n) is 9.04. The summed E-state index contributed by atoms with van der Waals surface area (Å²) in [6.45, 7) is 7.34. The van der Waals surface area contributed by atoms with Gasteiger partial charge in [-0.2, -0.15) is 0 Å². The van der Waals surface area contributed by atoms with E-state index in [1.807, 2.05) is 25.1 Å². The molecule has 4 aliphatic heterocycles. The molecule has 60 heavy (non-hydrogen) atoms. The summed E-state index contributed by atoms with van der Waals surface area (Å²) in [6.07, 6.45) is 11.7. The van der Waals surface area contributed by atoms with Crippen molar-refractivity contribution in [2.75, 3.05) is 40.0 Å². The normalized spacial score (nSPS) is 29.3. The van der Waals surface area contributed by atoms with Crippen LogP contribution in [0, 0.1) is 11.8 Å². The fraction of sp³-hybridized carbons (Fsp3) is 0.605. The van der Waals surface area contributed by atoms with Crippen LogP contribution in [0.25, 0.3) is 17.0 Å². The van der Waals surface area contributed by atoms with E-state index in [1.165, 1.54) is 11.0 Å². The molecule has 0 spiro atoms. The number of nitrogens with zero attached hydrogens (tertiary/aromatic N) is 3. The Labute approximate surface area is 350 Å². The molecule has 17 heteroatoms. The van der Waals surface area contributed by atoms with E-state index in [2.05, 4.69) is 28.0 Å². The molecule has 5 amide bonds. The molecule has 5 fully saturated rings. The van der Waals surface area contributed by atoms with Crippen molar-refractivity contribution in [1.29, 1.82) is 0 Å². The number of aromatic nitrogens is 1. The van der Waals surface area contributed by atoms with Crippen LogP contribution in [-0.2, 0) is 29.1 Å². The molecule has 0 radical (unpaired) electrons. The number of urea groups is 1. The number of ether oxygens (including phenoxy) is 4. The lowest BCUT2D eigenvalue weighted by atomic mass is 9.83. The van der Waals surface area contributed by atoms with Crippen LogP contribution < -0.4 is 29.6 Å². The second-order valence-electron chi connectivity index (χ2n) is 16.9. The molecular weight excluding hydrogens is 793 g/mol. The fourth-order valence-corrected chi connectivity index (χ4v) is 10.4. The van der Waals surface area contributed by atoms with Crippen molar-refractivity contribution in [3.63, 3.8) is 0 Å². The summed E-state index contributed by atoms with van der Waals surface area (Å²) in [5.74, 6) is -1.20. The Morgan fingerprint density at radius 1 is 1.07 bits per heavy atom. The maximum atomic E-state index is 15.1. The highest BCUT2D eigenvalue weighted by atomic mass is 32.2. The van der Waals surface area contributed by atoms with Gasteiger partial charge in [-0.25, -0.2) is 18.2 Å². The first-order valence-electron chi connectivity index (χ1n) is 21.4. The smallest absolute Gasteiger partial charge is 0.318 e. The lowest BCUT2D eigenvalue weighted by Crippen LogP contribution is -2.63. The number of carbonyl (C=O) groups is 4. The third-order valence-corrected chi connectivity index (χ3v) is 14.6. The van der Waals surface area contributed by atoms with Gasteiger partial charge in [0.2, 0.25) is 27.7 Å². The molecule has 9 rings (SSSR count). The second-order valence-corrected chi connectivity index (χ2v) is 18.9. The van der Waals surface area contributed by atoms with E-state index in [-0.39, 0.29) is 37.4 Å². The Bertz CT molecular complexity index is 2150. The molecular formula is C43H56N6O10S. The Balaban J connectivity index is 1.16. The SMILES string of the molecule is C=CC1C[C@]1(NC(=O)[C@@H]1C[C@@H]2CN1C(=O)[C@H](C1CCCCC1)NC(=O)N1CC(C1)OCCC/C=C/c1cc3c(cc(OCC)nc3cc1OC)O2)C(=O)NS(=O)(=O)C1CC1. The number of carbonyl (C=O) groups excluding carboxylic acids is 4. The van der Waals surface area contributed by atoms with E-state index >= 15 is 4.79 Å². The molecule has 3 aliphatic carbocycles. The highest BCUT2D eigenvalue weighted by molar-refractivity contribution is 7.91. The van der Waals surface area contributed by atoms with Crippen LogP contribution in [0.1, 0.15) is 83.1 Å². The maximum absolute atomic E-state index is 15.1. The molecule has 2 saturated heterocycles. The van der Waals surface area contributed by atoms with Crippen molar-refractivity contribution in [2.24, 2.45) is 11.8 Å². The van der Waals surface area contributed by atoms with Crippen LogP contribution in [0.4, 0.5) is 4.79 Å². The van der Waals surface area contributed by atoms with Crippen molar-refractivity contribution in [3.05, 3.63) is 42.5 Å². The van der Waals surface area contributed by atoms with Crippen LogP contribution in [0.15, 0.2) is 36.9 Å². The van der Waals surface area contributed by atoms with Gasteiger partial charge < -0.3 is 39.4 Å². The number of hydrogen-bond donors (Lipinski definition) is 3. The zero-order valence-corrected chi connectivity index (χ0v) is 35.2. The minimum Gasteiger partial charge on any atom is -0.496 e. The van der Waals surface area contributed by atoms with Gasteiger partial charge in [0.15, 0.2) is 0 Å². The summed E-state index contributed by atoms with van der Waals surface area (Å²) in [7, 11) is -2.32. The lowest BCUT2D eigenvalue weighted by molar-refractivity contribution is -0.142. The minimum absolute atomic E-state index is 0.00746. The summed E-state index contributed by atoms with van der Waals surface area (Å²) in [4.78, 5) is 65.0. The van der Waals surface area contributed by atoms with E-state index in [0.29, 0.717) is 67.4 Å². The number of nitrogens with one attached hydrogen (secondary N) is 3. The number of fused-ring (bicyclic) bond motifs is 7. The molecule has 1 unspecified atom stereocenters. The highest BCUT2D eigenvalue weighted by Gasteiger charge is 2.62. The van der Waals surface area contributed by atoms with Crippen LogP contribution in [-0.4, -0.2) is 122 Å². The number of methoxy groups -OCH3 is 1. The standard InChI is InChI=1S/C43H56N6O10S/c1-4-28-22-43(28,41(52)47-60(54,55)31-15-16-31)46-39(50)34-19-29-25-49(34)40(51)38(26-12-8-6-9-13-26)45-42(53)48-23-30(24-48)58-17-11-7-10-14-27-18-32-33(20-35(27)56-3)44-37(57-5-2)21-36(32)59-29/h4,10,14,18,20-21,26,28-31,34,38H,1,5-9,11-13,15-17,19,22-25H2,2-3H3,(H,45,53)(H,46,50)(H,47,52)/b14-10+/t28?,29-,34+,38+,43-/m1/s1. The molecule has 1 aromatic heterocycles. The van der Waals surface area contributed by atoms with Crippen molar-refractivity contribution in [2.45, 2.75) is 113 Å². The molecule has 5 heterocycles. The Hall–Kier alpha value is -4.90. The number of sulfonamides is 1. The zero-order chi connectivity index (χ0) is 42.2. The third-order valence-electron chi connectivity index (χ3n) is 12.7. The molecule has 3 N–H and O–H groups in total. The number of allylic oxidation sites excluding steroid dienone is 1. The average molecular weight is 849 g/mol. The van der Waals surface area contributed by atoms with Gasteiger partial charge in [0.25, 0.3) is 5.91 Å². The summed E-state index contributed by atoms with van der Waals surface area (Å²) >= 11 is 0. The highest BCUT2D eigenvalue weighted by Crippen LogP contribution is 2.46. The molecule has 6 bridgehead atoms. The van der Waals surface area contributed by atoms with Crippen molar-refractivity contribution < 1.29 is 46.5 Å². The second kappa shape index (κ2) is 17.2. The quantitative estimate of drug-likeness (QED) is 0.294. The predicted molar refractivity (Wildman–Crippen MR) is 222 cm³/mol. The maximum Gasteiger partial charge on any atom is 0.318 e. The monoisotopic (exact) mass is 848 g/mol. The third kappa shape index (κ3) is 8.65. The molecule has 7 aliphatic rings. The van der Waals surface area contributed by atoms with E-state index < -0.39 is 62.6 Å². The van der Waals surface area contributed by atoms with Gasteiger partial charge in [-0.05, 0) is 63.9 Å². The minimum atomic E-state index is -3.91. The van der Waals surface area contributed by atoms with Crippen molar-refractivity contribution in [1.82, 2.24) is 30.1 Å². The van der Waals surface area contributed by atoms with Crippen molar-refractivity contribution >= 4 is 50.8 Å². The summed E-state index contributed by atoms with van der Waals surface area (Å²) in [6, 6.07) is 3.04. The van der Waals surface area contributed by atoms with Crippen LogP contribution in [0.5, 0.6) is 17.4 Å². The molecule has 3 saturated carbocycles. The van der Waals surface area contributed by atoms with Crippen molar-refractivity contribution in [3.8, 4) is 17.4 Å². The van der Waals surface area contributed by atoms with Gasteiger partial charge in [-0.3, -0.25) is 19.1 Å². The number of pyridine rings is 1. The first-order valence-corrected chi connectivity index (χ1v) is 22.9. The van der Waals surface area contributed by atoms with E-state index in [0.717, 1.165) is 50.5 Å². The Morgan fingerprint density at radius 2 is 1.85 bits per heavy atom. The predicted octanol–water partition coefficient (Wildman–Crippen LogP) is 3.83. The first-order chi connectivity index (χ1) is 28.9. The lowest BCUT2D eigenvalue weighted by Gasteiger charge is -2.41. The summed E-state index contributed by atoms with van der Waals surface area (Å²) in [5.41, 5.74) is -0.193. The van der Waals surface area contributed by atoms with E-state index in [9.17, 15) is 22.8 Å². The summed E-state index contributed by atoms with van der Waals surface area (Å²) in [5, 5.41) is 5.96. The van der Waals surface area contributed by atoms with Gasteiger partial charge in [0, 0.05) is 42.0 Å². The van der Waals surface area contributed by atoms with E-state index in [4.69, 9.17) is 23.9 Å². The van der Waals surface area contributed by atoms with Crippen LogP contribution in [0.3, 0.4) is 0 Å². The zero-order valence-electron chi connectivity index (χ0n) is 34.4. The van der Waals surface area contributed by atoms with Gasteiger partial charge in [-0.1, -0.05) is 37.5 Å². The van der Waals surface area contributed by atoms with Gasteiger partial charge >= 0.3 is 6.03 Å². The topological polar surface area (TPSA) is 195 Å². The van der Waals surface area contributed by atoms with E-state index in [1.54, 1.807) is 18.1 Å². The number of amides is 5. The Morgan fingerprint density at radius 3 is 2.55 bits per heavy atom. The Kier molecular flexibility index (Phi) is 12.0. The van der Waals surface area contributed by atoms with Gasteiger partial charge in [-0.15, -0.1) is 6.58 Å². The largest absolute Gasteiger partial charge is 0.496 e. The average Bonchev–Trinajstić information content (AvgIpc) is 4.15.